The Labute approximate surface area is 84.5 Å². The summed E-state index contributed by atoms with van der Waals surface area (Å²) < 4.78 is 5.05. The number of carbonyl (C=O) groups excluding carboxylic acids is 1. The molecule has 0 unspecified atom stereocenters. The van der Waals surface area contributed by atoms with Crippen LogP contribution in [0.2, 0.25) is 0 Å². The molecule has 1 N–H and O–H groups in total. The number of methoxy groups -OCH3 is 1. The average Bonchev–Trinajstić information content (AvgIpc) is 2.12. The van der Waals surface area contributed by atoms with Crippen molar-refractivity contribution in [3.63, 3.8) is 0 Å². The fourth-order valence-electron chi connectivity index (χ4n) is 0.967. The molecule has 0 saturated carbocycles. The van der Waals surface area contributed by atoms with Crippen molar-refractivity contribution in [1.29, 1.82) is 0 Å². The Balaban J connectivity index is 3.33. The second-order valence-corrected chi connectivity index (χ2v) is 3.43. The molecule has 0 aliphatic carbocycles. The lowest BCUT2D eigenvalue weighted by atomic mass is 10.1. The Morgan fingerprint density at radius 1 is 1.54 bits per heavy atom. The van der Waals surface area contributed by atoms with Crippen LogP contribution in [0.4, 0.5) is 0 Å². The molecule has 1 aromatic carbocycles. The number of carbonyl (C=O) groups is 1. The monoisotopic (exact) mass is 244 g/mol. The second-order valence-electron chi connectivity index (χ2n) is 2.58. The van der Waals surface area contributed by atoms with Gasteiger partial charge in [-0.05, 0) is 34.5 Å². The van der Waals surface area contributed by atoms with E-state index in [4.69, 9.17) is 0 Å². The molecule has 13 heavy (non-hydrogen) atoms. The summed E-state index contributed by atoms with van der Waals surface area (Å²) in [7, 11) is 1.27. The number of hydrogen-bond acceptors (Lipinski definition) is 3. The van der Waals surface area contributed by atoms with Crippen LogP contribution in [0.5, 0.6) is 5.75 Å². The topological polar surface area (TPSA) is 46.5 Å². The normalized spacial score (nSPS) is 9.77. The predicted molar refractivity (Wildman–Crippen MR) is 51.9 cm³/mol. The highest BCUT2D eigenvalue weighted by atomic mass is 79.9. The molecule has 1 rings (SSSR count). The molecule has 0 saturated heterocycles. The van der Waals surface area contributed by atoms with Gasteiger partial charge < -0.3 is 9.84 Å². The van der Waals surface area contributed by atoms with Gasteiger partial charge in [-0.2, -0.15) is 0 Å². The van der Waals surface area contributed by atoms with Crippen LogP contribution in [-0.4, -0.2) is 18.2 Å². The number of ether oxygens (including phenoxy) is 1. The minimum absolute atomic E-state index is 0.0405. The van der Waals surface area contributed by atoms with Crippen molar-refractivity contribution < 1.29 is 14.6 Å². The van der Waals surface area contributed by atoms with Gasteiger partial charge in [-0.3, -0.25) is 0 Å². The highest BCUT2D eigenvalue weighted by Gasteiger charge is 2.16. The summed E-state index contributed by atoms with van der Waals surface area (Å²) in [6.45, 7) is 1.72. The Morgan fingerprint density at radius 2 is 2.15 bits per heavy atom. The molecule has 0 atom stereocenters. The van der Waals surface area contributed by atoms with Gasteiger partial charge in [0.15, 0.2) is 0 Å². The van der Waals surface area contributed by atoms with Crippen molar-refractivity contribution in [2.45, 2.75) is 6.92 Å². The predicted octanol–water partition coefficient (Wildman–Crippen LogP) is 2.25. The molecule has 0 aliphatic heterocycles. The molecular formula is C9H9BrO3. The molecular weight excluding hydrogens is 236 g/mol. The van der Waals surface area contributed by atoms with E-state index in [2.05, 4.69) is 20.7 Å². The van der Waals surface area contributed by atoms with E-state index in [1.807, 2.05) is 0 Å². The van der Waals surface area contributed by atoms with Gasteiger partial charge in [-0.1, -0.05) is 6.07 Å². The highest BCUT2D eigenvalue weighted by molar-refractivity contribution is 9.10. The van der Waals surface area contributed by atoms with Crippen LogP contribution in [-0.2, 0) is 4.74 Å². The van der Waals surface area contributed by atoms with Gasteiger partial charge in [0, 0.05) is 4.47 Å². The summed E-state index contributed by atoms with van der Waals surface area (Å²) in [5.74, 6) is -0.589. The van der Waals surface area contributed by atoms with Crippen LogP contribution in [0, 0.1) is 6.92 Å². The maximum atomic E-state index is 11.2. The van der Waals surface area contributed by atoms with Gasteiger partial charge in [-0.25, -0.2) is 4.79 Å². The third-order valence-electron chi connectivity index (χ3n) is 1.72. The number of benzene rings is 1. The summed E-state index contributed by atoms with van der Waals surface area (Å²) in [4.78, 5) is 11.2. The number of rotatable bonds is 1. The zero-order chi connectivity index (χ0) is 10.0. The third-order valence-corrected chi connectivity index (χ3v) is 2.38. The van der Waals surface area contributed by atoms with Crippen LogP contribution in [0.3, 0.4) is 0 Å². The highest BCUT2D eigenvalue weighted by Crippen LogP contribution is 2.29. The van der Waals surface area contributed by atoms with Crippen molar-refractivity contribution >= 4 is 21.9 Å². The standard InChI is InChI=1S/C9H9BrO3/c1-5-3-4-6(10)7(8(5)11)9(12)13-2/h3-4,11H,1-2H3. The minimum atomic E-state index is -0.548. The maximum Gasteiger partial charge on any atom is 0.342 e. The van der Waals surface area contributed by atoms with Crippen LogP contribution in [0.15, 0.2) is 16.6 Å². The Morgan fingerprint density at radius 3 is 2.69 bits per heavy atom. The van der Waals surface area contributed by atoms with E-state index in [1.165, 1.54) is 7.11 Å². The van der Waals surface area contributed by atoms with Gasteiger partial charge >= 0.3 is 5.97 Å². The van der Waals surface area contributed by atoms with Crippen molar-refractivity contribution in [3.05, 3.63) is 27.7 Å². The van der Waals surface area contributed by atoms with E-state index in [0.717, 1.165) is 0 Å². The first kappa shape index (κ1) is 10.1. The average molecular weight is 245 g/mol. The van der Waals surface area contributed by atoms with Crippen LogP contribution in [0.25, 0.3) is 0 Å². The molecule has 0 spiro atoms. The van der Waals surface area contributed by atoms with Crippen LogP contribution < -0.4 is 0 Å². The van der Waals surface area contributed by atoms with E-state index in [0.29, 0.717) is 10.0 Å². The van der Waals surface area contributed by atoms with E-state index in [9.17, 15) is 9.90 Å². The fraction of sp³-hybridized carbons (Fsp3) is 0.222. The lowest BCUT2D eigenvalue weighted by Crippen LogP contribution is -2.03. The van der Waals surface area contributed by atoms with Crippen molar-refractivity contribution in [2.75, 3.05) is 7.11 Å². The lowest BCUT2D eigenvalue weighted by molar-refractivity contribution is 0.0596. The third kappa shape index (κ3) is 1.83. The number of halogens is 1. The molecule has 0 amide bonds. The number of phenols is 1. The van der Waals surface area contributed by atoms with E-state index < -0.39 is 5.97 Å². The molecule has 70 valence electrons. The molecule has 0 aliphatic rings. The van der Waals surface area contributed by atoms with Gasteiger partial charge in [0.2, 0.25) is 0 Å². The summed E-state index contributed by atoms with van der Waals surface area (Å²) in [5.41, 5.74) is 0.811. The van der Waals surface area contributed by atoms with Gasteiger partial charge in [-0.15, -0.1) is 0 Å². The first-order valence-electron chi connectivity index (χ1n) is 3.64. The Kier molecular flexibility index (Phi) is 2.93. The Hall–Kier alpha value is -1.03. The van der Waals surface area contributed by atoms with Gasteiger partial charge in [0.25, 0.3) is 0 Å². The number of esters is 1. The second kappa shape index (κ2) is 3.79. The van der Waals surface area contributed by atoms with Crippen LogP contribution >= 0.6 is 15.9 Å². The maximum absolute atomic E-state index is 11.2. The van der Waals surface area contributed by atoms with Crippen molar-refractivity contribution in [3.8, 4) is 5.75 Å². The summed E-state index contributed by atoms with van der Waals surface area (Å²) in [6, 6.07) is 3.41. The summed E-state index contributed by atoms with van der Waals surface area (Å²) >= 11 is 3.16. The van der Waals surface area contributed by atoms with E-state index in [-0.39, 0.29) is 11.3 Å². The summed E-state index contributed by atoms with van der Waals surface area (Å²) in [5, 5.41) is 9.55. The van der Waals surface area contributed by atoms with Crippen molar-refractivity contribution in [2.24, 2.45) is 0 Å². The molecule has 0 aromatic heterocycles. The first-order chi connectivity index (χ1) is 6.07. The quantitative estimate of drug-likeness (QED) is 0.772. The molecule has 4 heteroatoms. The molecule has 3 nitrogen and oxygen atoms in total. The van der Waals surface area contributed by atoms with E-state index >= 15 is 0 Å². The first-order valence-corrected chi connectivity index (χ1v) is 4.43. The fourth-order valence-corrected chi connectivity index (χ4v) is 1.45. The van der Waals surface area contributed by atoms with Gasteiger partial charge in [0.1, 0.15) is 11.3 Å². The Bertz CT molecular complexity index is 347. The minimum Gasteiger partial charge on any atom is -0.507 e. The molecule has 1 aromatic rings. The number of aryl methyl sites for hydroxylation is 1. The zero-order valence-electron chi connectivity index (χ0n) is 7.30. The summed E-state index contributed by atoms with van der Waals surface area (Å²) in [6.07, 6.45) is 0. The number of phenolic OH excluding ortho intramolecular Hbond substituents is 1. The van der Waals surface area contributed by atoms with Crippen LogP contribution in [0.1, 0.15) is 15.9 Å². The number of aromatic hydroxyl groups is 1. The van der Waals surface area contributed by atoms with Gasteiger partial charge in [0.05, 0.1) is 7.11 Å². The largest absolute Gasteiger partial charge is 0.507 e. The molecule has 0 bridgehead atoms. The zero-order valence-corrected chi connectivity index (χ0v) is 8.88. The smallest absolute Gasteiger partial charge is 0.342 e. The number of hydrogen-bond donors (Lipinski definition) is 1. The molecule has 0 radical (unpaired) electrons. The van der Waals surface area contributed by atoms with Crippen molar-refractivity contribution in [1.82, 2.24) is 0 Å². The SMILES string of the molecule is COC(=O)c1c(Br)ccc(C)c1O. The van der Waals surface area contributed by atoms with E-state index in [1.54, 1.807) is 19.1 Å². The lowest BCUT2D eigenvalue weighted by Gasteiger charge is -2.06. The molecule has 0 heterocycles. The molecule has 0 fully saturated rings.